The van der Waals surface area contributed by atoms with Crippen LogP contribution in [0, 0.1) is 76.6 Å². The molecule has 10 nitrogen and oxygen atoms in total. The van der Waals surface area contributed by atoms with E-state index in [4.69, 9.17) is 0 Å². The Labute approximate surface area is 636 Å². The summed E-state index contributed by atoms with van der Waals surface area (Å²) >= 11 is 0. The van der Waals surface area contributed by atoms with Crippen molar-refractivity contribution < 1.29 is 136 Å². The first kappa shape index (κ1) is 73.5. The van der Waals surface area contributed by atoms with Gasteiger partial charge in [0.25, 0.3) is 0 Å². The average molecular weight is 2230 g/mol. The Morgan fingerprint density at radius 3 is 1.12 bits per heavy atom. The molecule has 0 amide bonds. The zero-order valence-corrected chi connectivity index (χ0v) is 66.3. The molecule has 23 heteroatoms. The van der Waals surface area contributed by atoms with Gasteiger partial charge in [0, 0.05) is 204 Å². The van der Waals surface area contributed by atoms with Crippen molar-refractivity contribution >= 4 is 53.9 Å². The van der Waals surface area contributed by atoms with Crippen molar-refractivity contribution in [3.63, 3.8) is 0 Å². The predicted octanol–water partition coefficient (Wildman–Crippen LogP) is 18.9. The predicted molar refractivity (Wildman–Crippen MR) is 354 cm³/mol. The monoisotopic (exact) mass is 2230 g/mol. The van der Waals surface area contributed by atoms with Gasteiger partial charge in [0.1, 0.15) is 0 Å². The molecule has 0 bridgehead atoms. The van der Waals surface area contributed by atoms with E-state index in [0.29, 0.717) is 33.0 Å². The molecule has 0 aliphatic heterocycles. The van der Waals surface area contributed by atoms with Gasteiger partial charge >= 0.3 is 12.4 Å². The maximum atomic E-state index is 13.8. The number of rotatable bonds is 0. The minimum Gasteiger partial charge on any atom is -0.340 e. The molecule has 15 aromatic rings. The van der Waals surface area contributed by atoms with Gasteiger partial charge in [-0.2, -0.15) is 26.3 Å². The maximum absolute atomic E-state index is 13.8. The first-order chi connectivity index (χ1) is 45.4. The van der Waals surface area contributed by atoms with Crippen molar-refractivity contribution in [3.05, 3.63) is 210 Å². The zero-order valence-electron chi connectivity index (χ0n) is 54.3. The second-order valence-electron chi connectivity index (χ2n) is 24.3. The van der Waals surface area contributed by atoms with E-state index in [0.717, 1.165) is 147 Å². The van der Waals surface area contributed by atoms with Crippen LogP contribution in [-0.4, -0.2) is 47.8 Å². The maximum Gasteiger partial charge on any atom is 0.399 e. The third-order valence-electron chi connectivity index (χ3n) is 19.2. The molecule has 515 valence electrons. The Bertz CT molecular complexity index is 5880. The van der Waals surface area contributed by atoms with Crippen LogP contribution in [0.1, 0.15) is 40.2 Å². The number of benzene rings is 10. The molecule has 20 rings (SSSR count). The van der Waals surface area contributed by atoms with E-state index >= 15 is 0 Å². The smallest absolute Gasteiger partial charge is 0.340 e. The van der Waals surface area contributed by atoms with E-state index < -0.39 is 23.5 Å². The van der Waals surface area contributed by atoms with E-state index in [2.05, 4.69) is 106 Å². The molecule has 0 atom stereocenters. The van der Waals surface area contributed by atoms with Crippen molar-refractivity contribution in [2.45, 2.75) is 47.0 Å². The van der Waals surface area contributed by atoms with Crippen molar-refractivity contribution in [1.82, 2.24) is 47.8 Å². The summed E-state index contributed by atoms with van der Waals surface area (Å²) in [5, 5.41) is 8.31. The Hall–Kier alpha value is -7.76. The summed E-state index contributed by atoms with van der Waals surface area (Å²) in [6.45, 7) is 9.69. The summed E-state index contributed by atoms with van der Waals surface area (Å²) in [6.07, 6.45) is -8.79. The average Bonchev–Trinajstić information content (AvgIpc) is 1.58. The molecule has 0 unspecified atom stereocenters. The van der Waals surface area contributed by atoms with Crippen LogP contribution in [0.15, 0.2) is 127 Å². The molecular weight excluding hydrogens is 2180 g/mol. The largest absolute Gasteiger partial charge is 0.399 e. The number of aryl methyl sites for hydroxylation is 5. The standard InChI is InChI=1S/2C16H10F3N2.2C15H10FN2.C15H11N2.5Ir/c1-8-20-14-12-7-10(16(17,18)19)6-9-4-3-5-11(13(9)12)15(14)21(8)2;1-8-20-14-10-6-7-12(16(17,18)19)9-4-3-5-11(13(9)10)15(14)21(8)2;1-8-17-14-12-7-10(16)6-9-4-3-5-11(13(9)12)15(14)18(8)2;1-8-17-14-10-6-7-12(16)9-4-3-5-11(13(9)10)15(14)18(8)2;1-9-16-14-11-7-3-5-10-6-4-8-12(13(10)11)15(14)17(9)2;;;;;/h3-6H,1-2H3;3-5,7H,1-2H3;3-6H,1-2H3;3-5,7H,1-2H3;3-6,8H,1-2H3;;;;;/q5*-1;;;;;. The Morgan fingerprint density at radius 1 is 0.350 bits per heavy atom. The molecule has 100 heavy (non-hydrogen) atoms. The third-order valence-corrected chi connectivity index (χ3v) is 19.2. The molecular formula is C77H51F8Ir5N10-5. The van der Waals surface area contributed by atoms with Gasteiger partial charge in [0.2, 0.25) is 0 Å². The fourth-order valence-corrected chi connectivity index (χ4v) is 14.4. The van der Waals surface area contributed by atoms with Crippen molar-refractivity contribution in [1.29, 1.82) is 0 Å². The third kappa shape index (κ3) is 11.1. The number of hydrogen-bond donors (Lipinski definition) is 0. The first-order valence-electron chi connectivity index (χ1n) is 30.4. The van der Waals surface area contributed by atoms with Crippen molar-refractivity contribution in [3.8, 4) is 113 Å². The molecule has 0 fully saturated rings. The van der Waals surface area contributed by atoms with Crippen LogP contribution in [0.5, 0.6) is 0 Å². The number of aromatic nitrogens is 10. The normalized spacial score (nSPS) is 11.9. The van der Waals surface area contributed by atoms with Crippen molar-refractivity contribution in [2.24, 2.45) is 35.2 Å². The quantitative estimate of drug-likeness (QED) is 0.111. The number of nitrogens with zero attached hydrogens (tertiary/aromatic N) is 10. The van der Waals surface area contributed by atoms with E-state index in [9.17, 15) is 35.1 Å². The van der Waals surface area contributed by atoms with Gasteiger partial charge in [-0.25, -0.2) is 4.39 Å². The number of halogens is 8. The number of imidazole rings is 5. The Kier molecular flexibility index (Phi) is 19.5. The fourth-order valence-electron chi connectivity index (χ4n) is 14.4. The molecule has 0 saturated carbocycles. The van der Waals surface area contributed by atoms with Gasteiger partial charge in [0.05, 0.1) is 29.1 Å². The second kappa shape index (κ2) is 26.6. The molecule has 10 aromatic carbocycles. The van der Waals surface area contributed by atoms with Crippen LogP contribution in [0.25, 0.3) is 166 Å². The van der Waals surface area contributed by atoms with E-state index in [-0.39, 0.29) is 118 Å². The second-order valence-corrected chi connectivity index (χ2v) is 24.3. The van der Waals surface area contributed by atoms with Gasteiger partial charge in [-0.05, 0) is 73.6 Å². The molecule has 0 N–H and O–H groups in total. The van der Waals surface area contributed by atoms with E-state index in [1.54, 1.807) is 18.2 Å². The summed E-state index contributed by atoms with van der Waals surface area (Å²) in [6, 6.07) is 52.2. The van der Waals surface area contributed by atoms with Crippen LogP contribution in [-0.2, 0) is 148 Å². The van der Waals surface area contributed by atoms with Crippen LogP contribution >= 0.6 is 0 Å². The summed E-state index contributed by atoms with van der Waals surface area (Å²) in [4.78, 5) is 22.7. The van der Waals surface area contributed by atoms with Gasteiger partial charge in [0.15, 0.2) is 0 Å². The topological polar surface area (TPSA) is 89.1 Å². The van der Waals surface area contributed by atoms with Gasteiger partial charge < -0.3 is 22.8 Å². The molecule has 5 aliphatic rings. The van der Waals surface area contributed by atoms with Crippen LogP contribution < -0.4 is 0 Å². The van der Waals surface area contributed by atoms with E-state index in [1.807, 2.05) is 120 Å². The minimum absolute atomic E-state index is 0. The molecule has 0 spiro atoms. The van der Waals surface area contributed by atoms with Gasteiger partial charge in [-0.3, -0.25) is 29.3 Å². The summed E-state index contributed by atoms with van der Waals surface area (Å²) in [5.41, 5.74) is 17.0. The van der Waals surface area contributed by atoms with Gasteiger partial charge in [-0.15, -0.1) is 93.9 Å². The molecule has 5 heterocycles. The number of alkyl halides is 6. The molecule has 0 saturated heterocycles. The van der Waals surface area contributed by atoms with Gasteiger partial charge in [-0.1, -0.05) is 146 Å². The number of hydrogen-bond acceptors (Lipinski definition) is 5. The van der Waals surface area contributed by atoms with Crippen molar-refractivity contribution in [2.75, 3.05) is 0 Å². The van der Waals surface area contributed by atoms with Crippen LogP contribution in [0.4, 0.5) is 35.1 Å². The fraction of sp³-hybridized carbons (Fsp3) is 0.156. The number of fused-ring (bicyclic) bond motifs is 15. The zero-order chi connectivity index (χ0) is 66.3. The van der Waals surface area contributed by atoms with E-state index in [1.165, 1.54) is 40.2 Å². The summed E-state index contributed by atoms with van der Waals surface area (Å²) in [7, 11) is 9.80. The Morgan fingerprint density at radius 2 is 0.690 bits per heavy atom. The molecule has 5 radical (unpaired) electrons. The molecule has 5 aliphatic carbocycles. The van der Waals surface area contributed by atoms with Crippen LogP contribution in [0.2, 0.25) is 0 Å². The van der Waals surface area contributed by atoms with Crippen LogP contribution in [0.3, 0.4) is 0 Å². The first-order valence-corrected chi connectivity index (χ1v) is 30.4. The minimum atomic E-state index is -4.41. The SMILES string of the molecule is Cc1nc2c(n1C)-c1cccc3c(C(F)(F)F)c[c-]c-2c13.Cc1nc2c(n1C)-c1cccc3c(F)c[c-]c-2c13.Cc1nc2c(n1C)-c1cccc3cc(C(F)(F)F)[c-]c-2c13.Cc1nc2c(n1C)-c1cccc3cc(F)[c-]c-2c13.Cc1nc2c(n1C)-c1cccc3cc[c-]c-2c13.[Ir].[Ir].[Ir].[Ir].[Ir]. The summed E-state index contributed by atoms with van der Waals surface area (Å²) < 4.78 is 116. The molecule has 5 aromatic heterocycles. The Balaban J connectivity index is 0.000000125. The summed E-state index contributed by atoms with van der Waals surface area (Å²) in [5.74, 6) is 3.99.